The minimum absolute atomic E-state index is 0.176. The van der Waals surface area contributed by atoms with E-state index in [2.05, 4.69) is 20.9 Å². The van der Waals surface area contributed by atoms with Gasteiger partial charge < -0.3 is 38.1 Å². The molecule has 0 radical (unpaired) electrons. The molecule has 1 fully saturated rings. The van der Waals surface area contributed by atoms with E-state index in [0.29, 0.717) is 98.2 Å². The molecule has 0 aliphatic carbocycles. The van der Waals surface area contributed by atoms with Crippen LogP contribution in [0, 0.1) is 0 Å². The normalized spacial score (nSPS) is 14.9. The second kappa shape index (κ2) is 24.5. The fourth-order valence-corrected chi connectivity index (χ4v) is 7.97. The van der Waals surface area contributed by atoms with E-state index in [9.17, 15) is 19.2 Å². The van der Waals surface area contributed by atoms with E-state index in [-0.39, 0.29) is 42.1 Å². The smallest absolute Gasteiger partial charge is 0.163 e. The topological polar surface area (TPSA) is 165 Å². The van der Waals surface area contributed by atoms with E-state index in [4.69, 9.17) is 33.2 Å². The first-order valence-corrected chi connectivity index (χ1v) is 23.4. The molecular weight excluding hydrogens is 903 g/mol. The highest BCUT2D eigenvalue weighted by Gasteiger charge is 2.24. The number of aromatic nitrogens is 2. The highest BCUT2D eigenvalue weighted by atomic mass is 16.6. The van der Waals surface area contributed by atoms with E-state index < -0.39 is 0 Å². The lowest BCUT2D eigenvalue weighted by Crippen LogP contribution is -2.40. The molecule has 14 nitrogen and oxygen atoms in total. The van der Waals surface area contributed by atoms with Crippen LogP contribution in [-0.2, 0) is 30.3 Å². The van der Waals surface area contributed by atoms with E-state index in [1.54, 1.807) is 69.0 Å². The first-order valence-electron chi connectivity index (χ1n) is 23.4. The first kappa shape index (κ1) is 49.4. The van der Waals surface area contributed by atoms with Gasteiger partial charge in [0.15, 0.2) is 34.6 Å². The van der Waals surface area contributed by atoms with Gasteiger partial charge in [-0.2, -0.15) is 0 Å². The molecule has 6 aromatic rings. The minimum Gasteiger partial charge on any atom is -0.496 e. The molecule has 1 N–H and O–H groups in total. The summed E-state index contributed by atoms with van der Waals surface area (Å²) in [7, 11) is 3.10. The summed E-state index contributed by atoms with van der Waals surface area (Å²) in [5, 5.41) is 1.01. The number of hydrogen-bond donors (Lipinski definition) is 1. The summed E-state index contributed by atoms with van der Waals surface area (Å²) in [5.41, 5.74) is 5.75. The van der Waals surface area contributed by atoms with Crippen LogP contribution in [-0.4, -0.2) is 105 Å². The molecule has 1 unspecified atom stereocenters. The van der Waals surface area contributed by atoms with Crippen molar-refractivity contribution in [3.8, 4) is 34.5 Å². The number of rotatable bonds is 23. The molecule has 2 aliphatic rings. The van der Waals surface area contributed by atoms with Crippen LogP contribution in [0.3, 0.4) is 0 Å². The number of morpholine rings is 1. The maximum absolute atomic E-state index is 12.8. The molecule has 0 bridgehead atoms. The second-order valence-electron chi connectivity index (χ2n) is 16.8. The average molecular weight is 958 g/mol. The average Bonchev–Trinajstić information content (AvgIpc) is 3.83. The van der Waals surface area contributed by atoms with Crippen LogP contribution in [0.15, 0.2) is 128 Å². The maximum atomic E-state index is 12.8. The number of nitrogens with zero attached hydrogens (tertiary/aromatic N) is 2. The molecule has 2 aromatic heterocycles. The minimum atomic E-state index is -0.330. The second-order valence-corrected chi connectivity index (χ2v) is 16.8. The van der Waals surface area contributed by atoms with Crippen LogP contribution < -0.4 is 28.4 Å². The summed E-state index contributed by atoms with van der Waals surface area (Å²) in [6.45, 7) is 4.50. The van der Waals surface area contributed by atoms with Crippen molar-refractivity contribution < 1.29 is 52.3 Å². The number of fused-ring (bicyclic) bond motifs is 2. The van der Waals surface area contributed by atoms with Gasteiger partial charge in [0.2, 0.25) is 0 Å². The van der Waals surface area contributed by atoms with Crippen LogP contribution in [0.25, 0.3) is 35.2 Å². The third kappa shape index (κ3) is 14.3. The number of methoxy groups -OCH3 is 2. The van der Waals surface area contributed by atoms with Crippen molar-refractivity contribution in [1.82, 2.24) is 14.9 Å². The van der Waals surface area contributed by atoms with Gasteiger partial charge in [-0.1, -0.05) is 36.4 Å². The zero-order valence-corrected chi connectivity index (χ0v) is 39.7. The molecule has 0 amide bonds. The lowest BCUT2D eigenvalue weighted by atomic mass is 10.1. The summed E-state index contributed by atoms with van der Waals surface area (Å²) in [6, 6.07) is 29.9. The molecule has 2 aliphatic heterocycles. The van der Waals surface area contributed by atoms with E-state index in [1.807, 2.05) is 66.7 Å². The molecule has 0 spiro atoms. The number of benzene rings is 4. The van der Waals surface area contributed by atoms with Gasteiger partial charge >= 0.3 is 0 Å². The molecule has 1 atom stereocenters. The zero-order chi connectivity index (χ0) is 49.4. The van der Waals surface area contributed by atoms with Gasteiger partial charge in [0.05, 0.1) is 40.3 Å². The summed E-state index contributed by atoms with van der Waals surface area (Å²) in [6.07, 6.45) is 13.9. The Labute approximate surface area is 412 Å². The SMILES string of the molecule is COc1cc(OCCc2ccccn2)ccc1/C=C/C(=O)CC(=O)/C=C/c1ccc2cc(C3CN(CCOc4ccc(/C=C/C(=O)CC(=O)/C=C/c5ccc6c(c5)OCCO6)c(OC)c4)CCO3)[nH]c2c1. The van der Waals surface area contributed by atoms with Gasteiger partial charge in [-0.25, -0.2) is 0 Å². The first-order chi connectivity index (χ1) is 34.7. The van der Waals surface area contributed by atoms with Crippen LogP contribution in [0.2, 0.25) is 0 Å². The van der Waals surface area contributed by atoms with Crippen molar-refractivity contribution in [3.63, 3.8) is 0 Å². The summed E-state index contributed by atoms with van der Waals surface area (Å²) >= 11 is 0. The molecule has 0 saturated carbocycles. The van der Waals surface area contributed by atoms with Crippen molar-refractivity contribution in [3.05, 3.63) is 161 Å². The standard InChI is InChI=1S/C57H55N3O11/c1-65-54-36-49(67-26-22-44-5-3-4-23-58-44)19-13-41(54)11-17-47(63)34-45(61)15-7-39-6-10-43-33-52(59-51(43)31-39)57-38-60(25-28-69-57)24-27-68-50-20-14-42(55(37-50)66-2)12-18-48(64)35-46(62)16-8-40-9-21-53-56(32-40)71-30-29-70-53/h3-21,23,31-33,36-37,57,59H,22,24-30,34-35,38H2,1-2H3/b15-7+,16-8+,17-11+,18-12+. The highest BCUT2D eigenvalue weighted by molar-refractivity contribution is 6.11. The highest BCUT2D eigenvalue weighted by Crippen LogP contribution is 2.32. The Kier molecular flexibility index (Phi) is 17.0. The quantitative estimate of drug-likeness (QED) is 0.0479. The van der Waals surface area contributed by atoms with Gasteiger partial charge in [-0.3, -0.25) is 29.1 Å². The molecule has 4 heterocycles. The Morgan fingerprint density at radius 1 is 0.662 bits per heavy atom. The van der Waals surface area contributed by atoms with Gasteiger partial charge in [0.25, 0.3) is 0 Å². The number of allylic oxidation sites excluding steroid dienone is 4. The zero-order valence-electron chi connectivity index (χ0n) is 39.7. The Morgan fingerprint density at radius 2 is 1.28 bits per heavy atom. The number of pyridine rings is 1. The Bertz CT molecular complexity index is 2970. The van der Waals surface area contributed by atoms with Crippen LogP contribution >= 0.6 is 0 Å². The number of hydrogen-bond acceptors (Lipinski definition) is 13. The van der Waals surface area contributed by atoms with Crippen molar-refractivity contribution in [2.75, 3.05) is 66.9 Å². The number of carbonyl (C=O) groups is 4. The predicted octanol–water partition coefficient (Wildman–Crippen LogP) is 8.93. The molecule has 364 valence electrons. The van der Waals surface area contributed by atoms with E-state index in [0.717, 1.165) is 40.0 Å². The fourth-order valence-electron chi connectivity index (χ4n) is 7.97. The molecule has 8 rings (SSSR count). The van der Waals surface area contributed by atoms with Crippen molar-refractivity contribution in [2.45, 2.75) is 25.4 Å². The van der Waals surface area contributed by atoms with Crippen LogP contribution in [0.4, 0.5) is 0 Å². The largest absolute Gasteiger partial charge is 0.496 e. The number of ketones is 4. The van der Waals surface area contributed by atoms with Crippen molar-refractivity contribution in [2.24, 2.45) is 0 Å². The number of nitrogens with one attached hydrogen (secondary N) is 1. The van der Waals surface area contributed by atoms with Gasteiger partial charge in [-0.05, 0) is 114 Å². The lowest BCUT2D eigenvalue weighted by Gasteiger charge is -2.32. The van der Waals surface area contributed by atoms with Gasteiger partial charge in [-0.15, -0.1) is 0 Å². The number of carbonyl (C=O) groups excluding carboxylic acids is 4. The molecular formula is C57H55N3O11. The van der Waals surface area contributed by atoms with Gasteiger partial charge in [0.1, 0.15) is 48.9 Å². The van der Waals surface area contributed by atoms with Crippen molar-refractivity contribution in [1.29, 1.82) is 0 Å². The lowest BCUT2D eigenvalue weighted by molar-refractivity contribution is -0.123. The summed E-state index contributed by atoms with van der Waals surface area (Å²) in [5.74, 6) is 2.36. The third-order valence-corrected chi connectivity index (χ3v) is 11.7. The Hall–Kier alpha value is -8.07. The Balaban J connectivity index is 0.766. The number of aromatic amines is 1. The Morgan fingerprint density at radius 3 is 1.93 bits per heavy atom. The van der Waals surface area contributed by atoms with E-state index in [1.165, 1.54) is 24.3 Å². The molecule has 1 saturated heterocycles. The summed E-state index contributed by atoms with van der Waals surface area (Å²) < 4.78 is 40.4. The van der Waals surface area contributed by atoms with Crippen molar-refractivity contribution >= 4 is 58.3 Å². The number of ether oxygens (including phenoxy) is 7. The van der Waals surface area contributed by atoms with Crippen LogP contribution in [0.5, 0.6) is 34.5 Å². The fraction of sp³-hybridized carbons (Fsp3) is 0.246. The third-order valence-electron chi connectivity index (χ3n) is 11.7. The van der Waals surface area contributed by atoms with Crippen LogP contribution in [0.1, 0.15) is 52.6 Å². The molecule has 71 heavy (non-hydrogen) atoms. The number of H-pyrrole nitrogens is 1. The predicted molar refractivity (Wildman–Crippen MR) is 271 cm³/mol. The van der Waals surface area contributed by atoms with E-state index >= 15 is 0 Å². The summed E-state index contributed by atoms with van der Waals surface area (Å²) in [4.78, 5) is 60.8. The van der Waals surface area contributed by atoms with Gasteiger partial charge in [0, 0.05) is 72.4 Å². The molecule has 14 heteroatoms. The monoisotopic (exact) mass is 957 g/mol. The maximum Gasteiger partial charge on any atom is 0.163 e. The molecule has 4 aromatic carbocycles.